The minimum atomic E-state index is -0.901. The summed E-state index contributed by atoms with van der Waals surface area (Å²) in [6, 6.07) is 13.8. The largest absolute Gasteiger partial charge is 0.467 e. The van der Waals surface area contributed by atoms with E-state index in [1.165, 1.54) is 31.4 Å². The first kappa shape index (κ1) is 23.0. The van der Waals surface area contributed by atoms with Crippen LogP contribution in [-0.2, 0) is 11.3 Å². The average Bonchev–Trinajstić information content (AvgIpc) is 3.32. The second-order valence-electron chi connectivity index (χ2n) is 6.96. The van der Waals surface area contributed by atoms with Crippen molar-refractivity contribution in [2.24, 2.45) is 0 Å². The van der Waals surface area contributed by atoms with Gasteiger partial charge < -0.3 is 25.7 Å². The summed E-state index contributed by atoms with van der Waals surface area (Å²) < 4.78 is 5.13. The van der Waals surface area contributed by atoms with E-state index in [9.17, 15) is 24.5 Å². The van der Waals surface area contributed by atoms with Gasteiger partial charge in [0, 0.05) is 29.1 Å². The van der Waals surface area contributed by atoms with Crippen LogP contribution in [0.25, 0.3) is 0 Å². The Morgan fingerprint density at radius 1 is 1.00 bits per heavy atom. The predicted octanol–water partition coefficient (Wildman–Crippen LogP) is 3.27. The Morgan fingerprint density at radius 3 is 2.33 bits per heavy atom. The van der Waals surface area contributed by atoms with Crippen LogP contribution in [0.2, 0.25) is 0 Å². The van der Waals surface area contributed by atoms with Crippen molar-refractivity contribution >= 4 is 34.9 Å². The molecule has 4 N–H and O–H groups in total. The monoisotopic (exact) mass is 451 g/mol. The number of non-ortho nitro benzene ring substituents is 1. The lowest BCUT2D eigenvalue weighted by atomic mass is 10.1. The number of amides is 4. The molecule has 0 saturated carbocycles. The molecule has 2 aromatic carbocycles. The third kappa shape index (κ3) is 6.66. The molecule has 33 heavy (non-hydrogen) atoms. The van der Waals surface area contributed by atoms with Gasteiger partial charge in [0.1, 0.15) is 11.8 Å². The fourth-order valence-corrected chi connectivity index (χ4v) is 2.75. The van der Waals surface area contributed by atoms with Gasteiger partial charge in [-0.1, -0.05) is 6.07 Å². The maximum absolute atomic E-state index is 12.4. The van der Waals surface area contributed by atoms with E-state index in [0.717, 1.165) is 6.07 Å². The Balaban J connectivity index is 1.49. The zero-order valence-electron chi connectivity index (χ0n) is 17.5. The number of nitrogens with one attached hydrogen (secondary N) is 4. The van der Waals surface area contributed by atoms with Crippen molar-refractivity contribution in [2.75, 3.05) is 10.6 Å². The summed E-state index contributed by atoms with van der Waals surface area (Å²) in [4.78, 5) is 46.9. The van der Waals surface area contributed by atoms with Crippen molar-refractivity contribution in [1.29, 1.82) is 0 Å². The average molecular weight is 451 g/mol. The van der Waals surface area contributed by atoms with Gasteiger partial charge in [0.15, 0.2) is 0 Å². The molecule has 3 rings (SSSR count). The van der Waals surface area contributed by atoms with E-state index in [1.807, 2.05) is 0 Å². The highest BCUT2D eigenvalue weighted by Crippen LogP contribution is 2.15. The van der Waals surface area contributed by atoms with Gasteiger partial charge in [-0.05, 0) is 49.4 Å². The molecule has 3 aromatic rings. The second-order valence-corrected chi connectivity index (χ2v) is 6.96. The lowest BCUT2D eigenvalue weighted by Gasteiger charge is -2.14. The molecule has 170 valence electrons. The van der Waals surface area contributed by atoms with E-state index >= 15 is 0 Å². The third-order valence-corrected chi connectivity index (χ3v) is 4.47. The van der Waals surface area contributed by atoms with Crippen LogP contribution < -0.4 is 21.3 Å². The molecule has 0 aliphatic carbocycles. The Hall–Kier alpha value is -4.67. The molecule has 1 aromatic heterocycles. The zero-order chi connectivity index (χ0) is 23.8. The first-order chi connectivity index (χ1) is 15.8. The highest BCUT2D eigenvalue weighted by molar-refractivity contribution is 6.01. The van der Waals surface area contributed by atoms with E-state index in [1.54, 1.807) is 36.4 Å². The molecule has 0 bridgehead atoms. The summed E-state index contributed by atoms with van der Waals surface area (Å²) in [5.41, 5.74) is 0.822. The fourth-order valence-electron chi connectivity index (χ4n) is 2.75. The first-order valence-electron chi connectivity index (χ1n) is 9.85. The summed E-state index contributed by atoms with van der Waals surface area (Å²) in [5.74, 6) is -0.470. The van der Waals surface area contributed by atoms with Gasteiger partial charge in [0.05, 0.1) is 17.7 Å². The van der Waals surface area contributed by atoms with Crippen LogP contribution in [0, 0.1) is 10.1 Å². The SMILES string of the molecule is CC(NC(=O)c1cccc([N+](=O)[O-])c1)C(=O)Nc1ccc(NC(=O)NCc2ccco2)cc1. The smallest absolute Gasteiger partial charge is 0.319 e. The van der Waals surface area contributed by atoms with Crippen LogP contribution in [0.1, 0.15) is 23.0 Å². The number of rotatable bonds is 8. The Kier molecular flexibility index (Phi) is 7.37. The lowest BCUT2D eigenvalue weighted by Crippen LogP contribution is -2.41. The summed E-state index contributed by atoms with van der Waals surface area (Å²) in [7, 11) is 0. The predicted molar refractivity (Wildman–Crippen MR) is 120 cm³/mol. The summed E-state index contributed by atoms with van der Waals surface area (Å²) in [6.07, 6.45) is 1.52. The number of benzene rings is 2. The highest BCUT2D eigenvalue weighted by Gasteiger charge is 2.18. The minimum Gasteiger partial charge on any atom is -0.467 e. The van der Waals surface area contributed by atoms with Crippen LogP contribution in [0.5, 0.6) is 0 Å². The molecule has 11 heteroatoms. The lowest BCUT2D eigenvalue weighted by molar-refractivity contribution is -0.384. The Bertz CT molecular complexity index is 1140. The molecule has 0 spiro atoms. The van der Waals surface area contributed by atoms with Gasteiger partial charge >= 0.3 is 6.03 Å². The van der Waals surface area contributed by atoms with Crippen LogP contribution in [0.4, 0.5) is 21.9 Å². The maximum atomic E-state index is 12.4. The fraction of sp³-hybridized carbons (Fsp3) is 0.136. The Morgan fingerprint density at radius 2 is 1.70 bits per heavy atom. The molecule has 11 nitrogen and oxygen atoms in total. The number of nitrogens with zero attached hydrogens (tertiary/aromatic N) is 1. The van der Waals surface area contributed by atoms with Gasteiger partial charge in [-0.2, -0.15) is 0 Å². The molecular formula is C22H21N5O6. The number of carbonyl (C=O) groups excluding carboxylic acids is 3. The molecule has 4 amide bonds. The number of nitro benzene ring substituents is 1. The number of furan rings is 1. The normalized spacial score (nSPS) is 11.2. The van der Waals surface area contributed by atoms with E-state index in [2.05, 4.69) is 21.3 Å². The van der Waals surface area contributed by atoms with E-state index < -0.39 is 28.8 Å². The quantitative estimate of drug-likeness (QED) is 0.304. The van der Waals surface area contributed by atoms with Crippen molar-refractivity contribution in [1.82, 2.24) is 10.6 Å². The van der Waals surface area contributed by atoms with E-state index in [4.69, 9.17) is 4.42 Å². The molecule has 0 aliphatic rings. The molecule has 1 heterocycles. The number of hydrogen-bond acceptors (Lipinski definition) is 6. The van der Waals surface area contributed by atoms with E-state index in [-0.39, 0.29) is 17.8 Å². The highest BCUT2D eigenvalue weighted by atomic mass is 16.6. The molecule has 0 fully saturated rings. The van der Waals surface area contributed by atoms with Crippen LogP contribution >= 0.6 is 0 Å². The van der Waals surface area contributed by atoms with Crippen molar-refractivity contribution in [3.05, 3.63) is 88.4 Å². The van der Waals surface area contributed by atoms with Gasteiger partial charge in [-0.15, -0.1) is 0 Å². The molecule has 1 unspecified atom stereocenters. The number of nitro groups is 1. The van der Waals surface area contributed by atoms with Gasteiger partial charge in [-0.25, -0.2) is 4.79 Å². The van der Waals surface area contributed by atoms with Crippen LogP contribution in [0.3, 0.4) is 0 Å². The van der Waals surface area contributed by atoms with Gasteiger partial charge in [-0.3, -0.25) is 19.7 Å². The Labute approximate surface area is 188 Å². The number of anilines is 2. The summed E-state index contributed by atoms with van der Waals surface area (Å²) in [6.45, 7) is 1.73. The van der Waals surface area contributed by atoms with Crippen LogP contribution in [-0.4, -0.2) is 28.8 Å². The van der Waals surface area contributed by atoms with Crippen molar-refractivity contribution in [2.45, 2.75) is 19.5 Å². The van der Waals surface area contributed by atoms with Crippen molar-refractivity contribution in [3.63, 3.8) is 0 Å². The summed E-state index contributed by atoms with van der Waals surface area (Å²) >= 11 is 0. The standard InChI is InChI=1S/C22H21N5O6/c1-14(24-21(29)15-4-2-5-18(12-15)27(31)32)20(28)25-16-7-9-17(10-8-16)26-22(30)23-13-19-6-3-11-33-19/h2-12,14H,13H2,1H3,(H,24,29)(H,25,28)(H2,23,26,30). The minimum absolute atomic E-state index is 0.0737. The molecule has 1 atom stereocenters. The molecule has 0 aliphatic heterocycles. The molecular weight excluding hydrogens is 430 g/mol. The second kappa shape index (κ2) is 10.6. The van der Waals surface area contributed by atoms with E-state index in [0.29, 0.717) is 17.1 Å². The number of hydrogen-bond donors (Lipinski definition) is 4. The zero-order valence-corrected chi connectivity index (χ0v) is 17.5. The third-order valence-electron chi connectivity index (χ3n) is 4.47. The number of urea groups is 1. The van der Waals surface area contributed by atoms with Crippen molar-refractivity contribution in [3.8, 4) is 0 Å². The van der Waals surface area contributed by atoms with Crippen molar-refractivity contribution < 1.29 is 23.7 Å². The van der Waals surface area contributed by atoms with Crippen LogP contribution in [0.15, 0.2) is 71.3 Å². The molecule has 0 radical (unpaired) electrons. The number of carbonyl (C=O) groups is 3. The summed E-state index contributed by atoms with van der Waals surface area (Å²) in [5, 5.41) is 21.3. The van der Waals surface area contributed by atoms with Gasteiger partial charge in [0.2, 0.25) is 5.91 Å². The first-order valence-corrected chi connectivity index (χ1v) is 9.85. The topological polar surface area (TPSA) is 156 Å². The molecule has 0 saturated heterocycles. The maximum Gasteiger partial charge on any atom is 0.319 e. The van der Waals surface area contributed by atoms with Gasteiger partial charge in [0.25, 0.3) is 11.6 Å².